The number of nitrogens with one attached hydrogen (secondary N) is 2. The summed E-state index contributed by atoms with van der Waals surface area (Å²) in [6, 6.07) is -0.672. The van der Waals surface area contributed by atoms with Gasteiger partial charge < -0.3 is 25.2 Å². The molecule has 0 bridgehead atoms. The van der Waals surface area contributed by atoms with Crippen LogP contribution in [-0.2, 0) is 11.8 Å². The number of aromatic nitrogens is 2. The van der Waals surface area contributed by atoms with Crippen LogP contribution >= 0.6 is 0 Å². The van der Waals surface area contributed by atoms with E-state index in [0.717, 1.165) is 6.42 Å². The van der Waals surface area contributed by atoms with Crippen LogP contribution in [0.15, 0.2) is 12.4 Å². The van der Waals surface area contributed by atoms with Gasteiger partial charge in [-0.3, -0.25) is 4.79 Å². The molecule has 2 heterocycles. The van der Waals surface area contributed by atoms with Crippen LogP contribution in [0, 0.1) is 5.41 Å². The summed E-state index contributed by atoms with van der Waals surface area (Å²) in [5.74, 6) is 0.400. The van der Waals surface area contributed by atoms with Gasteiger partial charge >= 0.3 is 6.03 Å². The van der Waals surface area contributed by atoms with Gasteiger partial charge in [-0.15, -0.1) is 0 Å². The number of amides is 3. The minimum absolute atomic E-state index is 0.00569. The first kappa shape index (κ1) is 17.3. The number of nitrogens with zero attached hydrogens (tertiary/aromatic N) is 3. The second-order valence-electron chi connectivity index (χ2n) is 6.55. The van der Waals surface area contributed by atoms with E-state index in [9.17, 15) is 14.7 Å². The highest BCUT2D eigenvalue weighted by Crippen LogP contribution is 2.31. The van der Waals surface area contributed by atoms with Gasteiger partial charge in [-0.25, -0.2) is 9.78 Å². The Bertz CT molecular complexity index is 569. The molecule has 0 saturated carbocycles. The molecule has 1 aromatic heterocycles. The van der Waals surface area contributed by atoms with Gasteiger partial charge in [0.05, 0.1) is 12.6 Å². The molecule has 0 radical (unpaired) electrons. The summed E-state index contributed by atoms with van der Waals surface area (Å²) in [7, 11) is 1.84. The average Bonchev–Trinajstić information content (AvgIpc) is 2.93. The van der Waals surface area contributed by atoms with Crippen molar-refractivity contribution in [1.82, 2.24) is 25.1 Å². The van der Waals surface area contributed by atoms with E-state index in [1.165, 1.54) is 4.90 Å². The molecule has 128 valence electrons. The highest BCUT2D eigenvalue weighted by Gasteiger charge is 2.35. The predicted octanol–water partition coefficient (Wildman–Crippen LogP) is 0.0112. The molecular formula is C15H25N5O3. The Morgan fingerprint density at radius 1 is 1.57 bits per heavy atom. The number of carbonyl (C=O) groups is 2. The Labute approximate surface area is 135 Å². The molecule has 1 unspecified atom stereocenters. The van der Waals surface area contributed by atoms with Crippen molar-refractivity contribution in [2.24, 2.45) is 12.5 Å². The molecule has 1 atom stereocenters. The maximum absolute atomic E-state index is 12.4. The second kappa shape index (κ2) is 6.99. The van der Waals surface area contributed by atoms with Gasteiger partial charge in [-0.2, -0.15) is 0 Å². The van der Waals surface area contributed by atoms with Gasteiger partial charge in [0.1, 0.15) is 12.4 Å². The lowest BCUT2D eigenvalue weighted by atomic mass is 9.84. The molecule has 1 saturated heterocycles. The van der Waals surface area contributed by atoms with Crippen molar-refractivity contribution >= 4 is 11.9 Å². The molecule has 1 aliphatic rings. The summed E-state index contributed by atoms with van der Waals surface area (Å²) >= 11 is 0. The average molecular weight is 323 g/mol. The molecule has 3 amide bonds. The summed E-state index contributed by atoms with van der Waals surface area (Å²) in [6.45, 7) is 4.82. The number of urea groups is 1. The normalized spacial score (nSPS) is 16.9. The van der Waals surface area contributed by atoms with Crippen molar-refractivity contribution in [3.8, 4) is 0 Å². The highest BCUT2D eigenvalue weighted by molar-refractivity contribution is 5.84. The molecule has 1 aliphatic heterocycles. The maximum atomic E-state index is 12.4. The van der Waals surface area contributed by atoms with Crippen LogP contribution in [0.25, 0.3) is 0 Å². The molecule has 0 spiro atoms. The van der Waals surface area contributed by atoms with Crippen molar-refractivity contribution in [2.45, 2.75) is 26.3 Å². The van der Waals surface area contributed by atoms with E-state index in [2.05, 4.69) is 15.6 Å². The second-order valence-corrected chi connectivity index (χ2v) is 6.55. The lowest BCUT2D eigenvalue weighted by molar-refractivity contribution is -0.123. The zero-order valence-electron chi connectivity index (χ0n) is 13.9. The summed E-state index contributed by atoms with van der Waals surface area (Å²) < 4.78 is 1.82. The predicted molar refractivity (Wildman–Crippen MR) is 84.5 cm³/mol. The van der Waals surface area contributed by atoms with E-state index in [4.69, 9.17) is 0 Å². The Balaban J connectivity index is 2.10. The van der Waals surface area contributed by atoms with Crippen LogP contribution in [0.1, 0.15) is 32.1 Å². The van der Waals surface area contributed by atoms with E-state index in [-0.39, 0.29) is 25.1 Å². The standard InChI is InChI=1S/C15H25N5O3/c1-15(2,10-21)12(13-16-6-8-19(13)3)18-11(22)9-20-7-4-5-17-14(20)23/h6,8,12,21H,4-5,7,9-10H2,1-3H3,(H,17,23)(H,18,22). The third kappa shape index (κ3) is 4.01. The number of aryl methyl sites for hydroxylation is 1. The van der Waals surface area contributed by atoms with E-state index in [1.807, 2.05) is 25.5 Å². The van der Waals surface area contributed by atoms with E-state index >= 15 is 0 Å². The van der Waals surface area contributed by atoms with Crippen LogP contribution in [0.4, 0.5) is 4.79 Å². The van der Waals surface area contributed by atoms with Gasteiger partial charge in [0, 0.05) is 37.9 Å². The minimum Gasteiger partial charge on any atom is -0.396 e. The smallest absolute Gasteiger partial charge is 0.317 e. The Kier molecular flexibility index (Phi) is 5.25. The van der Waals surface area contributed by atoms with Crippen molar-refractivity contribution in [3.63, 3.8) is 0 Å². The molecule has 8 nitrogen and oxygen atoms in total. The molecule has 1 fully saturated rings. The van der Waals surface area contributed by atoms with Gasteiger partial charge in [0.2, 0.25) is 5.91 Å². The number of aliphatic hydroxyl groups excluding tert-OH is 1. The molecule has 3 N–H and O–H groups in total. The first-order valence-electron chi connectivity index (χ1n) is 7.75. The van der Waals surface area contributed by atoms with E-state index in [1.54, 1.807) is 12.4 Å². The minimum atomic E-state index is -0.584. The van der Waals surface area contributed by atoms with Crippen LogP contribution in [0.2, 0.25) is 0 Å². The van der Waals surface area contributed by atoms with Crippen molar-refractivity contribution < 1.29 is 14.7 Å². The monoisotopic (exact) mass is 323 g/mol. The fourth-order valence-electron chi connectivity index (χ4n) is 2.57. The quantitative estimate of drug-likeness (QED) is 0.687. The highest BCUT2D eigenvalue weighted by atomic mass is 16.3. The Morgan fingerprint density at radius 2 is 2.30 bits per heavy atom. The number of hydrogen-bond donors (Lipinski definition) is 3. The lowest BCUT2D eigenvalue weighted by Gasteiger charge is -2.34. The van der Waals surface area contributed by atoms with Gasteiger partial charge in [-0.05, 0) is 6.42 Å². The zero-order valence-corrected chi connectivity index (χ0v) is 13.9. The number of rotatable bonds is 6. The van der Waals surface area contributed by atoms with Crippen LogP contribution in [0.5, 0.6) is 0 Å². The van der Waals surface area contributed by atoms with E-state index < -0.39 is 11.5 Å². The van der Waals surface area contributed by atoms with Gasteiger partial charge in [0.25, 0.3) is 0 Å². The van der Waals surface area contributed by atoms with Crippen molar-refractivity contribution in [1.29, 1.82) is 0 Å². The van der Waals surface area contributed by atoms with Crippen molar-refractivity contribution in [2.75, 3.05) is 26.2 Å². The van der Waals surface area contributed by atoms with Crippen molar-refractivity contribution in [3.05, 3.63) is 18.2 Å². The molecule has 1 aromatic rings. The summed E-state index contributed by atoms with van der Waals surface area (Å²) in [5, 5.41) is 15.3. The maximum Gasteiger partial charge on any atom is 0.317 e. The molecular weight excluding hydrogens is 298 g/mol. The first-order chi connectivity index (χ1) is 10.8. The Hall–Kier alpha value is -2.09. The van der Waals surface area contributed by atoms with Crippen LogP contribution < -0.4 is 10.6 Å². The number of hydrogen-bond acceptors (Lipinski definition) is 4. The molecule has 2 rings (SSSR count). The zero-order chi connectivity index (χ0) is 17.0. The first-order valence-corrected chi connectivity index (χ1v) is 7.75. The van der Waals surface area contributed by atoms with Crippen LogP contribution in [0.3, 0.4) is 0 Å². The third-order valence-corrected chi connectivity index (χ3v) is 4.11. The summed E-state index contributed by atoms with van der Waals surface area (Å²) in [4.78, 5) is 29.9. The molecule has 8 heteroatoms. The van der Waals surface area contributed by atoms with Gasteiger partial charge in [0.15, 0.2) is 0 Å². The lowest BCUT2D eigenvalue weighted by Crippen LogP contribution is -2.51. The SMILES string of the molecule is Cn1ccnc1C(NC(=O)CN1CCCNC1=O)C(C)(C)CO. The largest absolute Gasteiger partial charge is 0.396 e. The molecule has 23 heavy (non-hydrogen) atoms. The number of imidazole rings is 1. The summed E-state index contributed by atoms with van der Waals surface area (Å²) in [5.41, 5.74) is -0.584. The van der Waals surface area contributed by atoms with Crippen LogP contribution in [-0.4, -0.2) is 57.7 Å². The Morgan fingerprint density at radius 3 is 2.87 bits per heavy atom. The fourth-order valence-corrected chi connectivity index (χ4v) is 2.57. The fraction of sp³-hybridized carbons (Fsp3) is 0.667. The third-order valence-electron chi connectivity index (χ3n) is 4.11. The van der Waals surface area contributed by atoms with Gasteiger partial charge in [-0.1, -0.05) is 13.8 Å². The van der Waals surface area contributed by atoms with E-state index in [0.29, 0.717) is 18.9 Å². The topological polar surface area (TPSA) is 99.5 Å². The summed E-state index contributed by atoms with van der Waals surface area (Å²) in [6.07, 6.45) is 4.27. The molecule has 0 aliphatic carbocycles. The number of carbonyl (C=O) groups excluding carboxylic acids is 2. The molecule has 0 aromatic carbocycles. The number of aliphatic hydroxyl groups is 1.